The van der Waals surface area contributed by atoms with Crippen LogP contribution in [0.3, 0.4) is 0 Å². The average Bonchev–Trinajstić information content (AvgIpc) is 2.89. The van der Waals surface area contributed by atoms with Gasteiger partial charge in [0.2, 0.25) is 5.89 Å². The van der Waals surface area contributed by atoms with Crippen LogP contribution in [-0.4, -0.2) is 28.5 Å². The van der Waals surface area contributed by atoms with Gasteiger partial charge in [0, 0.05) is 12.3 Å². The highest BCUT2D eigenvalue weighted by Gasteiger charge is 2.05. The molecule has 2 aromatic rings. The molecule has 1 aromatic heterocycles. The quantitative estimate of drug-likeness (QED) is 0.638. The first-order chi connectivity index (χ1) is 9.81. The van der Waals surface area contributed by atoms with E-state index in [-0.39, 0.29) is 6.61 Å². The Labute approximate surface area is 118 Å². The van der Waals surface area contributed by atoms with Gasteiger partial charge in [-0.1, -0.05) is 24.2 Å². The van der Waals surface area contributed by atoms with Crippen molar-refractivity contribution >= 4 is 11.7 Å². The molecule has 0 aliphatic carbocycles. The lowest BCUT2D eigenvalue weighted by atomic mass is 10.1. The van der Waals surface area contributed by atoms with Crippen LogP contribution < -0.4 is 10.6 Å². The van der Waals surface area contributed by atoms with Crippen LogP contribution in [0.5, 0.6) is 0 Å². The van der Waals surface area contributed by atoms with Crippen molar-refractivity contribution in [1.29, 1.82) is 0 Å². The average molecular weight is 276 g/mol. The van der Waals surface area contributed by atoms with Crippen molar-refractivity contribution in [2.45, 2.75) is 26.3 Å². The number of aromatic nitrogens is 2. The highest BCUT2D eigenvalue weighted by Crippen LogP contribution is 2.16. The van der Waals surface area contributed by atoms with Crippen molar-refractivity contribution < 1.29 is 9.52 Å². The highest BCUT2D eigenvalue weighted by molar-refractivity contribution is 5.52. The van der Waals surface area contributed by atoms with Gasteiger partial charge >= 0.3 is 6.01 Å². The van der Waals surface area contributed by atoms with E-state index in [2.05, 4.69) is 27.8 Å². The van der Waals surface area contributed by atoms with Gasteiger partial charge in [-0.2, -0.15) is 0 Å². The summed E-state index contributed by atoms with van der Waals surface area (Å²) >= 11 is 0. The summed E-state index contributed by atoms with van der Waals surface area (Å²) in [7, 11) is 0. The van der Waals surface area contributed by atoms with E-state index in [1.54, 1.807) is 0 Å². The number of nitrogens with zero attached hydrogens (tertiary/aromatic N) is 2. The summed E-state index contributed by atoms with van der Waals surface area (Å²) in [5, 5.41) is 23.0. The third-order valence-corrected chi connectivity index (χ3v) is 2.78. The molecule has 3 N–H and O–H groups in total. The van der Waals surface area contributed by atoms with Crippen molar-refractivity contribution in [3.63, 3.8) is 0 Å². The number of rotatable bonds is 8. The number of hydrogen-bond donors (Lipinski definition) is 3. The summed E-state index contributed by atoms with van der Waals surface area (Å²) in [6.45, 7) is 3.77. The Kier molecular flexibility index (Phi) is 5.52. The zero-order chi connectivity index (χ0) is 14.2. The fraction of sp³-hybridized carbons (Fsp3) is 0.429. The molecule has 0 aliphatic rings. The Morgan fingerprint density at radius 1 is 1.20 bits per heavy atom. The monoisotopic (exact) mass is 276 g/mol. The molecule has 0 amide bonds. The minimum Gasteiger partial charge on any atom is -0.406 e. The van der Waals surface area contributed by atoms with E-state index < -0.39 is 0 Å². The zero-order valence-corrected chi connectivity index (χ0v) is 11.6. The van der Waals surface area contributed by atoms with Crippen LogP contribution in [0.4, 0.5) is 11.7 Å². The topological polar surface area (TPSA) is 83.2 Å². The van der Waals surface area contributed by atoms with Crippen molar-refractivity contribution in [3.05, 3.63) is 35.7 Å². The predicted octanol–water partition coefficient (Wildman–Crippen LogP) is 1.85. The Balaban J connectivity index is 1.89. The highest BCUT2D eigenvalue weighted by atomic mass is 16.4. The Bertz CT molecular complexity index is 510. The van der Waals surface area contributed by atoms with Crippen LogP contribution in [0.25, 0.3) is 0 Å². The number of hydrogen-bond acceptors (Lipinski definition) is 6. The number of benzene rings is 1. The molecule has 0 aliphatic heterocycles. The summed E-state index contributed by atoms with van der Waals surface area (Å²) in [5.74, 6) is 0.567. The van der Waals surface area contributed by atoms with Crippen molar-refractivity contribution in [2.75, 3.05) is 18.5 Å². The molecule has 20 heavy (non-hydrogen) atoms. The summed E-state index contributed by atoms with van der Waals surface area (Å²) in [5.41, 5.74) is 1.97. The van der Waals surface area contributed by atoms with E-state index in [1.807, 2.05) is 24.3 Å². The van der Waals surface area contributed by atoms with Crippen LogP contribution >= 0.6 is 0 Å². The van der Waals surface area contributed by atoms with E-state index in [1.165, 1.54) is 0 Å². The van der Waals surface area contributed by atoms with Crippen LogP contribution in [0.2, 0.25) is 0 Å². The van der Waals surface area contributed by atoms with Gasteiger partial charge in [0.15, 0.2) is 0 Å². The van der Waals surface area contributed by atoms with Crippen LogP contribution in [0, 0.1) is 0 Å². The molecule has 0 radical (unpaired) electrons. The summed E-state index contributed by atoms with van der Waals surface area (Å²) < 4.78 is 5.48. The number of anilines is 2. The summed E-state index contributed by atoms with van der Waals surface area (Å²) in [6.07, 6.45) is 1.73. The van der Waals surface area contributed by atoms with E-state index in [0.29, 0.717) is 24.9 Å². The molecule has 1 heterocycles. The molecule has 0 saturated heterocycles. The minimum atomic E-state index is 0.157. The van der Waals surface area contributed by atoms with Crippen molar-refractivity contribution in [2.24, 2.45) is 0 Å². The molecule has 0 bridgehead atoms. The smallest absolute Gasteiger partial charge is 0.320 e. The first kappa shape index (κ1) is 14.5. The second kappa shape index (κ2) is 7.62. The molecule has 0 atom stereocenters. The predicted molar refractivity (Wildman–Crippen MR) is 76.8 cm³/mol. The normalized spacial score (nSPS) is 10.7. The van der Waals surface area contributed by atoms with E-state index in [0.717, 1.165) is 24.2 Å². The van der Waals surface area contributed by atoms with E-state index >= 15 is 0 Å². The first-order valence-corrected chi connectivity index (χ1v) is 6.81. The number of aliphatic hydroxyl groups excluding tert-OH is 1. The van der Waals surface area contributed by atoms with Gasteiger partial charge < -0.3 is 20.2 Å². The Morgan fingerprint density at radius 3 is 2.70 bits per heavy atom. The summed E-state index contributed by atoms with van der Waals surface area (Å²) in [4.78, 5) is 0. The maximum atomic E-state index is 8.86. The second-order valence-electron chi connectivity index (χ2n) is 4.47. The SMILES string of the molecule is CCCNCc1nnc(Nc2ccc(CCO)cc2)o1. The van der Waals surface area contributed by atoms with Crippen LogP contribution in [0.15, 0.2) is 28.7 Å². The van der Waals surface area contributed by atoms with Gasteiger partial charge in [-0.15, -0.1) is 5.10 Å². The lowest BCUT2D eigenvalue weighted by Crippen LogP contribution is -2.13. The Morgan fingerprint density at radius 2 is 2.00 bits per heavy atom. The lowest BCUT2D eigenvalue weighted by molar-refractivity contribution is 0.299. The van der Waals surface area contributed by atoms with Gasteiger partial charge in [-0.3, -0.25) is 0 Å². The lowest BCUT2D eigenvalue weighted by Gasteiger charge is -2.03. The number of aliphatic hydroxyl groups is 1. The van der Waals surface area contributed by atoms with Crippen molar-refractivity contribution in [1.82, 2.24) is 15.5 Å². The molecule has 1 aromatic carbocycles. The molecule has 0 spiro atoms. The molecule has 0 saturated carbocycles. The van der Waals surface area contributed by atoms with E-state index in [4.69, 9.17) is 9.52 Å². The molecule has 6 nitrogen and oxygen atoms in total. The number of nitrogens with one attached hydrogen (secondary N) is 2. The first-order valence-electron chi connectivity index (χ1n) is 6.81. The fourth-order valence-electron chi connectivity index (χ4n) is 1.75. The molecule has 0 fully saturated rings. The van der Waals surface area contributed by atoms with Crippen molar-refractivity contribution in [3.8, 4) is 0 Å². The van der Waals surface area contributed by atoms with Crippen LogP contribution in [-0.2, 0) is 13.0 Å². The van der Waals surface area contributed by atoms with Gasteiger partial charge in [0.05, 0.1) is 6.54 Å². The molecule has 0 unspecified atom stereocenters. The fourth-order valence-corrected chi connectivity index (χ4v) is 1.75. The molecule has 108 valence electrons. The van der Waals surface area contributed by atoms with Crippen LogP contribution in [0.1, 0.15) is 24.8 Å². The maximum Gasteiger partial charge on any atom is 0.320 e. The largest absolute Gasteiger partial charge is 0.406 e. The molecular formula is C14H20N4O2. The van der Waals surface area contributed by atoms with Gasteiger partial charge in [-0.25, -0.2) is 0 Å². The zero-order valence-electron chi connectivity index (χ0n) is 11.6. The minimum absolute atomic E-state index is 0.157. The Hall–Kier alpha value is -1.92. The summed E-state index contributed by atoms with van der Waals surface area (Å²) in [6, 6.07) is 8.14. The third-order valence-electron chi connectivity index (χ3n) is 2.78. The van der Waals surface area contributed by atoms with Gasteiger partial charge in [0.1, 0.15) is 0 Å². The van der Waals surface area contributed by atoms with E-state index in [9.17, 15) is 0 Å². The second-order valence-corrected chi connectivity index (χ2v) is 4.47. The molecular weight excluding hydrogens is 256 g/mol. The molecule has 6 heteroatoms. The third kappa shape index (κ3) is 4.32. The maximum absolute atomic E-state index is 8.86. The van der Waals surface area contributed by atoms with Gasteiger partial charge in [0.25, 0.3) is 0 Å². The standard InChI is InChI=1S/C14H20N4O2/c1-2-8-15-10-13-17-18-14(20-13)16-12-5-3-11(4-6-12)7-9-19/h3-6,15,19H,2,7-10H2,1H3,(H,16,18). The van der Waals surface area contributed by atoms with Gasteiger partial charge in [-0.05, 0) is 37.1 Å². The molecule has 2 rings (SSSR count).